The van der Waals surface area contributed by atoms with Gasteiger partial charge in [-0.25, -0.2) is 4.98 Å². The predicted octanol–water partition coefficient (Wildman–Crippen LogP) is 1.10. The fourth-order valence-corrected chi connectivity index (χ4v) is 1.55. The lowest BCUT2D eigenvalue weighted by molar-refractivity contribution is 0.0958. The Kier molecular flexibility index (Phi) is 3.23. The number of benzene rings is 1. The summed E-state index contributed by atoms with van der Waals surface area (Å²) in [6.07, 6.45) is 0. The normalized spacial score (nSPS) is 10.1. The number of amides is 1. The van der Waals surface area contributed by atoms with Gasteiger partial charge in [0.25, 0.3) is 11.5 Å². The van der Waals surface area contributed by atoms with Crippen molar-refractivity contribution in [3.8, 4) is 11.4 Å². The molecule has 0 radical (unpaired) electrons. The van der Waals surface area contributed by atoms with Gasteiger partial charge in [-0.1, -0.05) is 29.8 Å². The summed E-state index contributed by atoms with van der Waals surface area (Å²) < 4.78 is 0. The number of aromatic amines is 1. The van der Waals surface area contributed by atoms with Gasteiger partial charge in [-0.3, -0.25) is 9.59 Å². The molecule has 2 N–H and O–H groups in total. The molecule has 0 unspecified atom stereocenters. The molecule has 0 saturated heterocycles. The Bertz CT molecular complexity index is 629. The number of carbonyl (C=O) groups excluding carboxylic acids is 1. The molecule has 0 bridgehead atoms. The van der Waals surface area contributed by atoms with E-state index in [2.05, 4.69) is 15.3 Å². The first-order valence-corrected chi connectivity index (χ1v) is 5.50. The number of nitrogens with one attached hydrogen (secondary N) is 2. The largest absolute Gasteiger partial charge is 0.354 e. The molecular weight excluding hydrogens is 230 g/mol. The van der Waals surface area contributed by atoms with Crippen molar-refractivity contribution >= 4 is 5.91 Å². The number of rotatable bonds is 2. The average Bonchev–Trinajstić information content (AvgIpc) is 2.38. The van der Waals surface area contributed by atoms with Gasteiger partial charge >= 0.3 is 0 Å². The van der Waals surface area contributed by atoms with E-state index in [1.165, 1.54) is 13.1 Å². The Morgan fingerprint density at radius 1 is 1.28 bits per heavy atom. The second kappa shape index (κ2) is 4.83. The van der Waals surface area contributed by atoms with Crippen molar-refractivity contribution in [1.82, 2.24) is 15.3 Å². The SMILES string of the molecule is CNC(=O)c1cc(=O)[nH]c(-c2ccc(C)cc2)n1. The Morgan fingerprint density at radius 2 is 1.94 bits per heavy atom. The number of nitrogens with zero attached hydrogens (tertiary/aromatic N) is 1. The Balaban J connectivity index is 2.51. The molecule has 0 fully saturated rings. The maximum Gasteiger partial charge on any atom is 0.269 e. The molecular formula is C13H13N3O2. The lowest BCUT2D eigenvalue weighted by Crippen LogP contribution is -2.22. The smallest absolute Gasteiger partial charge is 0.269 e. The first-order chi connectivity index (χ1) is 8.60. The van der Waals surface area contributed by atoms with Crippen LogP contribution in [-0.2, 0) is 0 Å². The fourth-order valence-electron chi connectivity index (χ4n) is 1.55. The van der Waals surface area contributed by atoms with E-state index in [1.54, 1.807) is 0 Å². The molecule has 5 heteroatoms. The standard InChI is InChI=1S/C13H13N3O2/c1-8-3-5-9(6-4-8)12-15-10(13(18)14-2)7-11(17)16-12/h3-7H,1-2H3,(H,14,18)(H,15,16,17). The van der Waals surface area contributed by atoms with E-state index in [9.17, 15) is 9.59 Å². The molecule has 0 saturated carbocycles. The molecule has 92 valence electrons. The highest BCUT2D eigenvalue weighted by atomic mass is 16.2. The maximum atomic E-state index is 11.5. The minimum absolute atomic E-state index is 0.108. The first-order valence-electron chi connectivity index (χ1n) is 5.50. The van der Waals surface area contributed by atoms with Crippen molar-refractivity contribution in [2.24, 2.45) is 0 Å². The Morgan fingerprint density at radius 3 is 2.56 bits per heavy atom. The summed E-state index contributed by atoms with van der Waals surface area (Å²) >= 11 is 0. The fraction of sp³-hybridized carbons (Fsp3) is 0.154. The zero-order valence-electron chi connectivity index (χ0n) is 10.2. The lowest BCUT2D eigenvalue weighted by atomic mass is 10.1. The van der Waals surface area contributed by atoms with Gasteiger partial charge in [-0.15, -0.1) is 0 Å². The molecule has 1 heterocycles. The summed E-state index contributed by atoms with van der Waals surface area (Å²) in [4.78, 5) is 29.7. The van der Waals surface area contributed by atoms with Crippen LogP contribution in [0.1, 0.15) is 16.1 Å². The van der Waals surface area contributed by atoms with Gasteiger partial charge in [-0.05, 0) is 6.92 Å². The van der Waals surface area contributed by atoms with E-state index in [1.807, 2.05) is 31.2 Å². The van der Waals surface area contributed by atoms with E-state index >= 15 is 0 Å². The Labute approximate surface area is 104 Å². The van der Waals surface area contributed by atoms with Crippen molar-refractivity contribution in [1.29, 1.82) is 0 Å². The second-order valence-corrected chi connectivity index (χ2v) is 3.92. The highest BCUT2D eigenvalue weighted by molar-refractivity contribution is 5.92. The van der Waals surface area contributed by atoms with Crippen LogP contribution in [0.15, 0.2) is 35.1 Å². The van der Waals surface area contributed by atoms with Gasteiger partial charge in [-0.2, -0.15) is 0 Å². The number of H-pyrrole nitrogens is 1. The maximum absolute atomic E-state index is 11.5. The summed E-state index contributed by atoms with van der Waals surface area (Å²) in [5.41, 5.74) is 1.64. The molecule has 1 aromatic carbocycles. The van der Waals surface area contributed by atoms with Gasteiger partial charge < -0.3 is 10.3 Å². The Hall–Kier alpha value is -2.43. The van der Waals surface area contributed by atoms with E-state index in [4.69, 9.17) is 0 Å². The summed E-state index contributed by atoms with van der Waals surface area (Å²) in [5.74, 6) is 0.00978. The molecule has 0 aliphatic carbocycles. The molecule has 5 nitrogen and oxygen atoms in total. The monoisotopic (exact) mass is 243 g/mol. The van der Waals surface area contributed by atoms with Crippen LogP contribution < -0.4 is 10.9 Å². The highest BCUT2D eigenvalue weighted by Gasteiger charge is 2.09. The van der Waals surface area contributed by atoms with Crippen molar-refractivity contribution in [2.75, 3.05) is 7.05 Å². The number of carbonyl (C=O) groups is 1. The molecule has 0 aliphatic heterocycles. The van der Waals surface area contributed by atoms with Crippen molar-refractivity contribution in [2.45, 2.75) is 6.92 Å². The quantitative estimate of drug-likeness (QED) is 0.829. The zero-order chi connectivity index (χ0) is 13.1. The minimum atomic E-state index is -0.380. The molecule has 18 heavy (non-hydrogen) atoms. The zero-order valence-corrected chi connectivity index (χ0v) is 10.2. The van der Waals surface area contributed by atoms with Gasteiger partial charge in [0, 0.05) is 18.7 Å². The van der Waals surface area contributed by atoms with Crippen molar-refractivity contribution in [3.05, 3.63) is 51.9 Å². The summed E-state index contributed by atoms with van der Waals surface area (Å²) in [5, 5.41) is 2.44. The highest BCUT2D eigenvalue weighted by Crippen LogP contribution is 2.14. The average molecular weight is 243 g/mol. The topological polar surface area (TPSA) is 74.8 Å². The summed E-state index contributed by atoms with van der Waals surface area (Å²) in [6.45, 7) is 1.97. The number of aryl methyl sites for hydroxylation is 1. The lowest BCUT2D eigenvalue weighted by Gasteiger charge is -2.04. The first kappa shape index (κ1) is 12.0. The van der Waals surface area contributed by atoms with Crippen molar-refractivity contribution in [3.63, 3.8) is 0 Å². The van der Waals surface area contributed by atoms with Crippen LogP contribution >= 0.6 is 0 Å². The molecule has 1 amide bonds. The predicted molar refractivity (Wildman–Crippen MR) is 68.4 cm³/mol. The van der Waals surface area contributed by atoms with Gasteiger partial charge in [0.1, 0.15) is 11.5 Å². The molecule has 0 aliphatic rings. The van der Waals surface area contributed by atoms with E-state index in [0.29, 0.717) is 5.82 Å². The third-order valence-electron chi connectivity index (χ3n) is 2.53. The van der Waals surface area contributed by atoms with E-state index in [-0.39, 0.29) is 17.2 Å². The van der Waals surface area contributed by atoms with Crippen LogP contribution in [0.4, 0.5) is 0 Å². The van der Waals surface area contributed by atoms with Crippen LogP contribution in [0.2, 0.25) is 0 Å². The third kappa shape index (κ3) is 2.45. The molecule has 2 aromatic rings. The number of hydrogen-bond donors (Lipinski definition) is 2. The van der Waals surface area contributed by atoms with Crippen LogP contribution in [-0.4, -0.2) is 22.9 Å². The molecule has 1 aromatic heterocycles. The summed E-state index contributed by atoms with van der Waals surface area (Å²) in [6, 6.07) is 8.71. The number of aromatic nitrogens is 2. The van der Waals surface area contributed by atoms with E-state index in [0.717, 1.165) is 11.1 Å². The third-order valence-corrected chi connectivity index (χ3v) is 2.53. The number of hydrogen-bond acceptors (Lipinski definition) is 3. The van der Waals surface area contributed by atoms with Crippen LogP contribution in [0.25, 0.3) is 11.4 Å². The van der Waals surface area contributed by atoms with Crippen molar-refractivity contribution < 1.29 is 4.79 Å². The van der Waals surface area contributed by atoms with Gasteiger partial charge in [0.05, 0.1) is 0 Å². The van der Waals surface area contributed by atoms with Gasteiger partial charge in [0.2, 0.25) is 0 Å². The van der Waals surface area contributed by atoms with Crippen LogP contribution in [0.3, 0.4) is 0 Å². The minimum Gasteiger partial charge on any atom is -0.354 e. The van der Waals surface area contributed by atoms with Crippen LogP contribution in [0, 0.1) is 6.92 Å². The van der Waals surface area contributed by atoms with Gasteiger partial charge in [0.15, 0.2) is 0 Å². The molecule has 0 atom stereocenters. The molecule has 2 rings (SSSR count). The summed E-state index contributed by atoms with van der Waals surface area (Å²) in [7, 11) is 1.50. The van der Waals surface area contributed by atoms with Crippen LogP contribution in [0.5, 0.6) is 0 Å². The molecule has 0 spiro atoms. The second-order valence-electron chi connectivity index (χ2n) is 3.92. The van der Waals surface area contributed by atoms with E-state index < -0.39 is 0 Å².